The first-order valence-corrected chi connectivity index (χ1v) is 63.3. The molecule has 26 unspecified atom stereocenters. The van der Waals surface area contributed by atoms with Gasteiger partial charge in [-0.15, -0.1) is 0 Å². The van der Waals surface area contributed by atoms with Gasteiger partial charge in [0.05, 0.1) is 64.9 Å². The van der Waals surface area contributed by atoms with Gasteiger partial charge in [-0.3, -0.25) is 0 Å². The van der Waals surface area contributed by atoms with Crippen molar-refractivity contribution in [3.63, 3.8) is 0 Å². The Morgan fingerprint density at radius 2 is 0.603 bits per heavy atom. The molecule has 14 saturated carbocycles. The van der Waals surface area contributed by atoms with E-state index in [4.69, 9.17) is 28.4 Å². The van der Waals surface area contributed by atoms with Crippen LogP contribution in [-0.4, -0.2) is 79.1 Å². The molecular weight excluding hydrogens is 1590 g/mol. The van der Waals surface area contributed by atoms with Crippen LogP contribution in [-0.2, 0) is 15.9 Å². The SMILES string of the molecule is CC1CC2C3CCCCC3CCC2C1[Si](C)(C)C1C(C)CC2C3CCCCC3CCC21.COC1C(C)CC(C)CC1C1CC(C)CC(C)C1OC.COc1c(C)cc(C)cc1Cc1cc(C)cc(C)c1OC.COc1cc(C)ccc1C.COc1cc(C)ccc1C.C[Si](C)(C1CCC2CCCCC21)C1CCC2CCCCC21.C[Si](C)(C1CCCC1)C1CCCC1. The maximum Gasteiger partial charge on any atom is 0.125 e. The van der Waals surface area contributed by atoms with Crippen LogP contribution < -0.4 is 18.9 Å². The average Bonchev–Trinajstić information content (AvgIpc) is 1.56. The maximum atomic E-state index is 5.93. The van der Waals surface area contributed by atoms with E-state index in [0.717, 1.165) is 123 Å². The second-order valence-electron chi connectivity index (χ2n) is 48.4. The minimum atomic E-state index is -1.29. The van der Waals surface area contributed by atoms with Crippen LogP contribution in [0.2, 0.25) is 72.5 Å². The number of methoxy groups -OCH3 is 6. The lowest BCUT2D eigenvalue weighted by atomic mass is 9.62. The lowest BCUT2D eigenvalue weighted by Gasteiger charge is -2.51. The standard InChI is InChI=1S/C30H52Si.C20H36Si.C19H24O2.C18H34O2.C12H24Si.2C9H12O/c1-19-17-27-23-11-7-5-9-21(23)13-15-25(27)29(19)31(3,4)30-20(2)18-28-24-12-8-6-10-22(24)14-16-26(28)30;1-21(2,19-13-11-15-7-3-5-9-17(15)19)20-14-12-16-8-4-6-10-18(16)20;1-12-7-14(3)18(20-5)16(9-12)11-17-10-13(2)8-15(4)19(17)21-6;1-11-7-13(3)17(19-5)15(9-11)16-10-12(2)8-14(4)18(16)20-6;1-13(2,11-7-3-4-8-11)12-9-5-6-10-12;2*1-7-4-5-8(2)9(6-7)10-3/h19-30H,5-18H2,1-4H3;15-20H,3-14H2,1-2H3;7-10H,11H2,1-6H3;11-18H,7-10H2,1-6H3;11-12H,3-10H2,1-2H3;2*4-6H,1-3H3. The van der Waals surface area contributed by atoms with E-state index >= 15 is 0 Å². The van der Waals surface area contributed by atoms with Crippen LogP contribution in [0.4, 0.5) is 0 Å². The highest BCUT2D eigenvalue weighted by Crippen LogP contribution is 2.69. The van der Waals surface area contributed by atoms with Crippen LogP contribution in [0.1, 0.15) is 341 Å². The second kappa shape index (κ2) is 46.3. The van der Waals surface area contributed by atoms with Crippen LogP contribution in [0.5, 0.6) is 23.0 Å². The Kier molecular flexibility index (Phi) is 37.3. The van der Waals surface area contributed by atoms with Gasteiger partial charge in [0, 0.05) is 20.6 Å². The predicted molar refractivity (Wildman–Crippen MR) is 549 cm³/mol. The highest BCUT2D eigenvalue weighted by Gasteiger charge is 2.62. The van der Waals surface area contributed by atoms with Crippen molar-refractivity contribution in [2.75, 3.05) is 42.7 Å². The quantitative estimate of drug-likeness (QED) is 0.111. The number of fused-ring (bicyclic) bond motifs is 8. The number of hydrogen-bond donors (Lipinski definition) is 0. The Hall–Kier alpha value is -3.35. The van der Waals surface area contributed by atoms with Crippen molar-refractivity contribution >= 4 is 24.2 Å². The first-order chi connectivity index (χ1) is 60.3. The van der Waals surface area contributed by atoms with Crippen molar-refractivity contribution in [3.8, 4) is 23.0 Å². The van der Waals surface area contributed by atoms with Gasteiger partial charge in [-0.05, 0) is 341 Å². The molecular formula is C117H194O6Si3. The van der Waals surface area contributed by atoms with Gasteiger partial charge in [-0.25, -0.2) is 0 Å². The van der Waals surface area contributed by atoms with Crippen molar-refractivity contribution in [1.82, 2.24) is 0 Å². The third-order valence-electron chi connectivity index (χ3n) is 39.3. The van der Waals surface area contributed by atoms with E-state index in [1.54, 1.807) is 221 Å². The molecule has 6 nitrogen and oxygen atoms in total. The van der Waals surface area contributed by atoms with Gasteiger partial charge < -0.3 is 28.4 Å². The Balaban J connectivity index is 0.000000138. The molecule has 14 aliphatic carbocycles. The van der Waals surface area contributed by atoms with E-state index in [1.807, 2.05) is 40.2 Å². The minimum absolute atomic E-state index is 0.423. The van der Waals surface area contributed by atoms with Crippen molar-refractivity contribution in [2.24, 2.45) is 118 Å². The molecule has 26 atom stereocenters. The van der Waals surface area contributed by atoms with Crippen LogP contribution >= 0.6 is 0 Å². The first-order valence-electron chi connectivity index (χ1n) is 53.8. The van der Waals surface area contributed by atoms with Gasteiger partial charge in [0.2, 0.25) is 0 Å². The van der Waals surface area contributed by atoms with Gasteiger partial charge in [-0.1, -0.05) is 307 Å². The summed E-state index contributed by atoms with van der Waals surface area (Å²) in [7, 11) is 7.49. The summed E-state index contributed by atoms with van der Waals surface area (Å²) in [6.45, 7) is 48.5. The molecule has 0 aliphatic heterocycles. The van der Waals surface area contributed by atoms with Crippen LogP contribution in [0.25, 0.3) is 0 Å². The van der Waals surface area contributed by atoms with E-state index in [9.17, 15) is 0 Å². The molecule has 0 N–H and O–H groups in total. The summed E-state index contributed by atoms with van der Waals surface area (Å²) < 4.78 is 33.3. The van der Waals surface area contributed by atoms with Gasteiger partial charge >= 0.3 is 0 Å². The van der Waals surface area contributed by atoms with Gasteiger partial charge in [0.1, 0.15) is 23.0 Å². The average molecular weight is 1780 g/mol. The molecule has 14 aliphatic rings. The number of aryl methyl sites for hydroxylation is 8. The largest absolute Gasteiger partial charge is 0.496 e. The predicted octanol–water partition coefficient (Wildman–Crippen LogP) is 33.9. The summed E-state index contributed by atoms with van der Waals surface area (Å²) in [5.41, 5.74) is 19.2. The zero-order valence-electron chi connectivity index (χ0n) is 86.5. The van der Waals surface area contributed by atoms with E-state index in [2.05, 4.69) is 171 Å². The summed E-state index contributed by atoms with van der Waals surface area (Å²) in [4.78, 5) is 0. The molecule has 4 aromatic carbocycles. The normalized spacial score (nSPS) is 35.3. The van der Waals surface area contributed by atoms with E-state index in [0.29, 0.717) is 35.9 Å². The monoisotopic (exact) mass is 1780 g/mol. The van der Waals surface area contributed by atoms with Crippen LogP contribution in [0.15, 0.2) is 60.7 Å². The molecule has 710 valence electrons. The fourth-order valence-corrected chi connectivity index (χ4v) is 50.8. The van der Waals surface area contributed by atoms with E-state index in [1.165, 1.54) is 141 Å². The molecule has 0 amide bonds. The first kappa shape index (κ1) is 102. The topological polar surface area (TPSA) is 55.4 Å². The highest BCUT2D eigenvalue weighted by atomic mass is 28.3. The minimum Gasteiger partial charge on any atom is -0.496 e. The Morgan fingerprint density at radius 1 is 0.270 bits per heavy atom. The van der Waals surface area contributed by atoms with Crippen molar-refractivity contribution in [1.29, 1.82) is 0 Å². The zero-order valence-corrected chi connectivity index (χ0v) is 89.5. The highest BCUT2D eigenvalue weighted by molar-refractivity contribution is 6.81. The molecule has 9 heteroatoms. The molecule has 0 radical (unpaired) electrons. The van der Waals surface area contributed by atoms with Gasteiger partial charge in [0.25, 0.3) is 0 Å². The Morgan fingerprint density at radius 3 is 0.944 bits per heavy atom. The molecule has 14 fully saturated rings. The number of ether oxygens (including phenoxy) is 6. The Bertz CT molecular complexity index is 3730. The van der Waals surface area contributed by atoms with Crippen LogP contribution in [0, 0.1) is 174 Å². The second-order valence-corrected chi connectivity index (χ2v) is 63.8. The Labute approximate surface area is 779 Å². The van der Waals surface area contributed by atoms with E-state index < -0.39 is 24.2 Å². The van der Waals surface area contributed by atoms with Crippen molar-refractivity contribution in [3.05, 3.63) is 116 Å². The summed E-state index contributed by atoms with van der Waals surface area (Å²) in [6.07, 6.45) is 60.7. The van der Waals surface area contributed by atoms with Gasteiger partial charge in [0.15, 0.2) is 0 Å². The summed E-state index contributed by atoms with van der Waals surface area (Å²) in [5.74, 6) is 24.0. The molecule has 0 spiro atoms. The number of hydrogen-bond acceptors (Lipinski definition) is 6. The smallest absolute Gasteiger partial charge is 0.125 e. The van der Waals surface area contributed by atoms with Crippen LogP contribution in [0.3, 0.4) is 0 Å². The number of rotatable bonds is 15. The molecule has 0 aromatic heterocycles. The zero-order chi connectivity index (χ0) is 90.6. The number of benzene rings is 4. The van der Waals surface area contributed by atoms with Gasteiger partial charge in [-0.2, -0.15) is 0 Å². The summed E-state index contributed by atoms with van der Waals surface area (Å²) in [5, 5.41) is 0. The van der Waals surface area contributed by atoms with Crippen molar-refractivity contribution in [2.45, 2.75) is 432 Å². The molecule has 18 rings (SSSR count). The lowest BCUT2D eigenvalue weighted by Crippen LogP contribution is -2.48. The molecule has 0 heterocycles. The molecule has 0 bridgehead atoms. The fraction of sp³-hybridized carbons (Fsp3) is 0.795. The molecule has 0 saturated heterocycles. The lowest BCUT2D eigenvalue weighted by molar-refractivity contribution is -0.112. The third kappa shape index (κ3) is 23.9. The maximum absolute atomic E-state index is 5.93. The van der Waals surface area contributed by atoms with E-state index in [-0.39, 0.29) is 0 Å². The third-order valence-corrected chi connectivity index (χ3v) is 55.3. The molecule has 4 aromatic rings. The summed E-state index contributed by atoms with van der Waals surface area (Å²) in [6, 6.07) is 21.1. The summed E-state index contributed by atoms with van der Waals surface area (Å²) >= 11 is 0. The fourth-order valence-electron chi connectivity index (χ4n) is 34.2. The molecule has 126 heavy (non-hydrogen) atoms. The van der Waals surface area contributed by atoms with Crippen molar-refractivity contribution < 1.29 is 28.4 Å².